The van der Waals surface area contributed by atoms with E-state index < -0.39 is 0 Å². The van der Waals surface area contributed by atoms with Gasteiger partial charge in [0.05, 0.1) is 5.02 Å². The number of halogens is 1. The quantitative estimate of drug-likeness (QED) is 0.625. The van der Waals surface area contributed by atoms with E-state index in [2.05, 4.69) is 10.6 Å². The smallest absolute Gasteiger partial charge is 0.263 e. The molecule has 1 heterocycles. The molecule has 0 saturated heterocycles. The van der Waals surface area contributed by atoms with Crippen molar-refractivity contribution in [1.82, 2.24) is 5.32 Å². The molecule has 2 aromatic carbocycles. The number of thiophene rings is 1. The van der Waals surface area contributed by atoms with Gasteiger partial charge >= 0.3 is 0 Å². The van der Waals surface area contributed by atoms with Crippen LogP contribution in [0.5, 0.6) is 0 Å². The first-order valence-corrected chi connectivity index (χ1v) is 10.1. The molecular formula is C21H19ClN2O2S. The number of carbonyl (C=O) groups excluding carboxylic acids is 2. The Bertz CT molecular complexity index is 1020. The maximum atomic E-state index is 12.6. The van der Waals surface area contributed by atoms with Crippen molar-refractivity contribution < 1.29 is 9.59 Å². The number of nitrogens with one attached hydrogen (secondary N) is 2. The van der Waals surface area contributed by atoms with Gasteiger partial charge in [0.25, 0.3) is 5.91 Å². The molecule has 1 aliphatic rings. The van der Waals surface area contributed by atoms with Gasteiger partial charge in [0.1, 0.15) is 4.88 Å². The molecule has 1 aliphatic carbocycles. The fourth-order valence-electron chi connectivity index (χ4n) is 2.98. The van der Waals surface area contributed by atoms with Crippen LogP contribution in [0, 0.1) is 12.8 Å². The summed E-state index contributed by atoms with van der Waals surface area (Å²) in [6.45, 7) is 2.39. The van der Waals surface area contributed by atoms with Gasteiger partial charge in [-0.05, 0) is 49.1 Å². The molecule has 1 aromatic heterocycles. The number of amides is 2. The first-order valence-electron chi connectivity index (χ1n) is 8.88. The predicted octanol–water partition coefficient (Wildman–Crippen LogP) is 5.14. The van der Waals surface area contributed by atoms with E-state index in [1.165, 1.54) is 11.3 Å². The van der Waals surface area contributed by atoms with Gasteiger partial charge in [0, 0.05) is 28.2 Å². The van der Waals surface area contributed by atoms with E-state index in [4.69, 9.17) is 11.6 Å². The van der Waals surface area contributed by atoms with Crippen molar-refractivity contribution in [3.8, 4) is 0 Å². The SMILES string of the molecule is Cc1cccc2sc(C(=O)NCc3ccc(NC(=O)C4CC4)cc3)c(Cl)c12. The summed E-state index contributed by atoms with van der Waals surface area (Å²) < 4.78 is 1.01. The highest BCUT2D eigenvalue weighted by atomic mass is 35.5. The Balaban J connectivity index is 1.41. The molecule has 1 fully saturated rings. The van der Waals surface area contributed by atoms with Crippen LogP contribution in [0.4, 0.5) is 5.69 Å². The number of fused-ring (bicyclic) bond motifs is 1. The second-order valence-electron chi connectivity index (χ2n) is 6.84. The van der Waals surface area contributed by atoms with Crippen molar-refractivity contribution in [3.05, 3.63) is 63.5 Å². The van der Waals surface area contributed by atoms with Crippen molar-refractivity contribution in [2.45, 2.75) is 26.3 Å². The summed E-state index contributed by atoms with van der Waals surface area (Å²) in [5.74, 6) is 0.0936. The van der Waals surface area contributed by atoms with Gasteiger partial charge < -0.3 is 10.6 Å². The van der Waals surface area contributed by atoms with Crippen molar-refractivity contribution in [1.29, 1.82) is 0 Å². The van der Waals surface area contributed by atoms with Crippen molar-refractivity contribution >= 4 is 50.5 Å². The predicted molar refractivity (Wildman–Crippen MR) is 111 cm³/mol. The monoisotopic (exact) mass is 398 g/mol. The highest BCUT2D eigenvalue weighted by Crippen LogP contribution is 2.37. The van der Waals surface area contributed by atoms with Gasteiger partial charge in [-0.25, -0.2) is 0 Å². The highest BCUT2D eigenvalue weighted by Gasteiger charge is 2.29. The molecule has 2 N–H and O–H groups in total. The maximum absolute atomic E-state index is 12.6. The summed E-state index contributed by atoms with van der Waals surface area (Å²) in [5.41, 5.74) is 2.81. The lowest BCUT2D eigenvalue weighted by molar-refractivity contribution is -0.117. The van der Waals surface area contributed by atoms with Crippen LogP contribution < -0.4 is 10.6 Å². The van der Waals surface area contributed by atoms with Crippen molar-refractivity contribution in [3.63, 3.8) is 0 Å². The standard InChI is InChI=1S/C21H19ClN2O2S/c1-12-3-2-4-16-17(12)18(22)19(27-16)21(26)23-11-13-5-9-15(10-6-13)24-20(25)14-7-8-14/h2-6,9-10,14H,7-8,11H2,1H3,(H,23,26)(H,24,25). The van der Waals surface area contributed by atoms with Crippen LogP contribution in [0.15, 0.2) is 42.5 Å². The Labute approximate surface area is 166 Å². The second-order valence-corrected chi connectivity index (χ2v) is 8.27. The third-order valence-electron chi connectivity index (χ3n) is 4.69. The molecule has 0 unspecified atom stereocenters. The average Bonchev–Trinajstić information content (AvgIpc) is 3.45. The topological polar surface area (TPSA) is 58.2 Å². The number of anilines is 1. The Morgan fingerprint density at radius 3 is 2.56 bits per heavy atom. The second kappa shape index (κ2) is 7.33. The van der Waals surface area contributed by atoms with Crippen LogP contribution in [0.1, 0.15) is 33.6 Å². The van der Waals surface area contributed by atoms with E-state index >= 15 is 0 Å². The van der Waals surface area contributed by atoms with Crippen molar-refractivity contribution in [2.75, 3.05) is 5.32 Å². The van der Waals surface area contributed by atoms with Gasteiger partial charge in [-0.15, -0.1) is 11.3 Å². The minimum atomic E-state index is -0.174. The Morgan fingerprint density at radius 1 is 1.15 bits per heavy atom. The molecule has 0 bridgehead atoms. The minimum absolute atomic E-state index is 0.0887. The van der Waals surface area contributed by atoms with Gasteiger partial charge in [0.15, 0.2) is 0 Å². The Kier molecular flexibility index (Phi) is 4.89. The van der Waals surface area contributed by atoms with E-state index in [0.717, 1.165) is 39.7 Å². The molecule has 2 amide bonds. The third kappa shape index (κ3) is 3.84. The summed E-state index contributed by atoms with van der Waals surface area (Å²) in [6, 6.07) is 13.5. The molecule has 0 aliphatic heterocycles. The average molecular weight is 399 g/mol. The van der Waals surface area contributed by atoms with Gasteiger partial charge in [0.2, 0.25) is 5.91 Å². The summed E-state index contributed by atoms with van der Waals surface area (Å²) in [5, 5.41) is 7.30. The molecule has 0 atom stereocenters. The van der Waals surface area contributed by atoms with E-state index in [9.17, 15) is 9.59 Å². The van der Waals surface area contributed by atoms with Crippen LogP contribution in [-0.2, 0) is 11.3 Å². The Hall–Kier alpha value is -2.37. The Morgan fingerprint density at radius 2 is 1.89 bits per heavy atom. The number of aryl methyl sites for hydroxylation is 1. The molecule has 138 valence electrons. The zero-order valence-corrected chi connectivity index (χ0v) is 16.4. The van der Waals surface area contributed by atoms with E-state index in [1.54, 1.807) is 0 Å². The number of carbonyl (C=O) groups is 2. The number of hydrogen-bond acceptors (Lipinski definition) is 3. The van der Waals surface area contributed by atoms with Crippen LogP contribution >= 0.6 is 22.9 Å². The molecule has 1 saturated carbocycles. The molecule has 6 heteroatoms. The fraction of sp³-hybridized carbons (Fsp3) is 0.238. The van der Waals surface area contributed by atoms with Gasteiger partial charge in [-0.3, -0.25) is 9.59 Å². The van der Waals surface area contributed by atoms with E-state index in [1.807, 2.05) is 49.4 Å². The lowest BCUT2D eigenvalue weighted by Gasteiger charge is -2.07. The number of benzene rings is 2. The first-order chi connectivity index (χ1) is 13.0. The normalized spacial score (nSPS) is 13.6. The van der Waals surface area contributed by atoms with Crippen LogP contribution in [0.3, 0.4) is 0 Å². The molecule has 4 nitrogen and oxygen atoms in total. The van der Waals surface area contributed by atoms with E-state index in [0.29, 0.717) is 16.4 Å². The van der Waals surface area contributed by atoms with Gasteiger partial charge in [-0.1, -0.05) is 35.9 Å². The molecule has 0 radical (unpaired) electrons. The van der Waals surface area contributed by atoms with Crippen LogP contribution in [0.25, 0.3) is 10.1 Å². The summed E-state index contributed by atoms with van der Waals surface area (Å²) in [6.07, 6.45) is 1.96. The zero-order valence-electron chi connectivity index (χ0n) is 14.8. The molecular weight excluding hydrogens is 380 g/mol. The largest absolute Gasteiger partial charge is 0.347 e. The maximum Gasteiger partial charge on any atom is 0.263 e. The van der Waals surface area contributed by atoms with Crippen LogP contribution in [0.2, 0.25) is 5.02 Å². The number of hydrogen-bond donors (Lipinski definition) is 2. The first kappa shape index (κ1) is 18.0. The summed E-state index contributed by atoms with van der Waals surface area (Å²) in [7, 11) is 0. The molecule has 3 aromatic rings. The lowest BCUT2D eigenvalue weighted by Crippen LogP contribution is -2.22. The van der Waals surface area contributed by atoms with E-state index in [-0.39, 0.29) is 17.7 Å². The van der Waals surface area contributed by atoms with Crippen molar-refractivity contribution in [2.24, 2.45) is 5.92 Å². The third-order valence-corrected chi connectivity index (χ3v) is 6.34. The highest BCUT2D eigenvalue weighted by molar-refractivity contribution is 7.21. The minimum Gasteiger partial charge on any atom is -0.347 e. The molecule has 4 rings (SSSR count). The zero-order chi connectivity index (χ0) is 19.0. The summed E-state index contributed by atoms with van der Waals surface area (Å²) >= 11 is 7.86. The lowest BCUT2D eigenvalue weighted by atomic mass is 10.1. The van der Waals surface area contributed by atoms with Crippen LogP contribution in [-0.4, -0.2) is 11.8 Å². The number of rotatable bonds is 5. The molecule has 0 spiro atoms. The molecule has 27 heavy (non-hydrogen) atoms. The fourth-order valence-corrected chi connectivity index (χ4v) is 4.58. The summed E-state index contributed by atoms with van der Waals surface area (Å²) in [4.78, 5) is 24.9. The van der Waals surface area contributed by atoms with Gasteiger partial charge in [-0.2, -0.15) is 0 Å².